The van der Waals surface area contributed by atoms with Gasteiger partial charge in [0.25, 0.3) is 5.91 Å². The lowest BCUT2D eigenvalue weighted by atomic mass is 10.3. The molecule has 20 heavy (non-hydrogen) atoms. The molecule has 8 nitrogen and oxygen atoms in total. The van der Waals surface area contributed by atoms with Crippen LogP contribution in [0.2, 0.25) is 0 Å². The number of imide groups is 1. The molecule has 0 bridgehead atoms. The Morgan fingerprint density at radius 2 is 2.15 bits per heavy atom. The Labute approximate surface area is 115 Å². The first-order valence-electron chi connectivity index (χ1n) is 5.93. The highest BCUT2D eigenvalue weighted by atomic mass is 16.5. The molecule has 3 N–H and O–H groups in total. The van der Waals surface area contributed by atoms with Crippen LogP contribution in [0.4, 0.5) is 4.79 Å². The van der Waals surface area contributed by atoms with Crippen LogP contribution in [0.3, 0.4) is 0 Å². The van der Waals surface area contributed by atoms with Gasteiger partial charge in [0.15, 0.2) is 18.1 Å². The lowest BCUT2D eigenvalue weighted by Gasteiger charge is -2.08. The average molecular weight is 281 g/mol. The number of aromatic carboxylic acids is 1. The Morgan fingerprint density at radius 1 is 1.40 bits per heavy atom. The van der Waals surface area contributed by atoms with Crippen molar-refractivity contribution in [3.8, 4) is 5.75 Å². The normalized spacial score (nSPS) is 9.65. The molecule has 0 fully saturated rings. The molecular weight excluding hydrogens is 266 g/mol. The predicted molar refractivity (Wildman–Crippen MR) is 68.5 cm³/mol. The number of carbonyl (C=O) groups excluding carboxylic acids is 2. The lowest BCUT2D eigenvalue weighted by Crippen LogP contribution is -2.41. The van der Waals surface area contributed by atoms with Gasteiger partial charge < -0.3 is 15.2 Å². The van der Waals surface area contributed by atoms with Gasteiger partial charge in [0.1, 0.15) is 0 Å². The molecule has 1 rings (SSSR count). The van der Waals surface area contributed by atoms with Crippen molar-refractivity contribution in [2.75, 3.05) is 13.2 Å². The van der Waals surface area contributed by atoms with E-state index in [-0.39, 0.29) is 11.4 Å². The van der Waals surface area contributed by atoms with Crippen molar-refractivity contribution in [3.05, 3.63) is 24.0 Å². The molecule has 0 radical (unpaired) electrons. The molecule has 0 unspecified atom stereocenters. The smallest absolute Gasteiger partial charge is 0.358 e. The summed E-state index contributed by atoms with van der Waals surface area (Å²) >= 11 is 0. The summed E-state index contributed by atoms with van der Waals surface area (Å²) in [5.41, 5.74) is -0.296. The zero-order valence-corrected chi connectivity index (χ0v) is 10.9. The number of carboxylic acids is 1. The van der Waals surface area contributed by atoms with Gasteiger partial charge in [-0.05, 0) is 18.6 Å². The number of pyridine rings is 1. The van der Waals surface area contributed by atoms with E-state index in [1.807, 2.05) is 6.92 Å². The number of rotatable bonds is 6. The van der Waals surface area contributed by atoms with Crippen LogP contribution in [0.1, 0.15) is 23.8 Å². The highest BCUT2D eigenvalue weighted by Crippen LogP contribution is 2.14. The number of hydrogen-bond donors (Lipinski definition) is 3. The third-order valence-electron chi connectivity index (χ3n) is 2.12. The van der Waals surface area contributed by atoms with E-state index in [1.165, 1.54) is 18.3 Å². The fourth-order valence-electron chi connectivity index (χ4n) is 1.26. The molecule has 8 heteroatoms. The van der Waals surface area contributed by atoms with Crippen LogP contribution in [0, 0.1) is 0 Å². The molecule has 1 aromatic heterocycles. The number of nitrogens with one attached hydrogen (secondary N) is 2. The van der Waals surface area contributed by atoms with E-state index < -0.39 is 24.5 Å². The van der Waals surface area contributed by atoms with Crippen LogP contribution in [-0.4, -0.2) is 41.1 Å². The number of amides is 3. The average Bonchev–Trinajstić information content (AvgIpc) is 2.43. The van der Waals surface area contributed by atoms with E-state index in [2.05, 4.69) is 15.6 Å². The van der Waals surface area contributed by atoms with Crippen molar-refractivity contribution in [3.63, 3.8) is 0 Å². The minimum absolute atomic E-state index is 0.0379. The fourth-order valence-corrected chi connectivity index (χ4v) is 1.26. The maximum Gasteiger partial charge on any atom is 0.358 e. The summed E-state index contributed by atoms with van der Waals surface area (Å²) in [4.78, 5) is 37.1. The van der Waals surface area contributed by atoms with Crippen molar-refractivity contribution in [1.29, 1.82) is 0 Å². The minimum atomic E-state index is -1.26. The van der Waals surface area contributed by atoms with Crippen LogP contribution in [0.15, 0.2) is 18.3 Å². The van der Waals surface area contributed by atoms with Crippen LogP contribution in [-0.2, 0) is 4.79 Å². The number of urea groups is 1. The number of carbonyl (C=O) groups is 3. The van der Waals surface area contributed by atoms with Gasteiger partial charge >= 0.3 is 12.0 Å². The monoisotopic (exact) mass is 281 g/mol. The van der Waals surface area contributed by atoms with Crippen LogP contribution >= 0.6 is 0 Å². The number of aromatic nitrogens is 1. The minimum Gasteiger partial charge on any atom is -0.481 e. The van der Waals surface area contributed by atoms with E-state index in [0.717, 1.165) is 6.42 Å². The van der Waals surface area contributed by atoms with Crippen molar-refractivity contribution in [1.82, 2.24) is 15.6 Å². The van der Waals surface area contributed by atoms with Crippen molar-refractivity contribution in [2.24, 2.45) is 0 Å². The van der Waals surface area contributed by atoms with E-state index in [9.17, 15) is 14.4 Å². The van der Waals surface area contributed by atoms with Gasteiger partial charge in [0, 0.05) is 12.7 Å². The van der Waals surface area contributed by atoms with E-state index >= 15 is 0 Å². The molecule has 1 heterocycles. The second-order valence-electron chi connectivity index (χ2n) is 3.75. The number of hydrogen-bond acceptors (Lipinski definition) is 5. The van der Waals surface area contributed by atoms with Crippen molar-refractivity contribution < 1.29 is 24.2 Å². The highest BCUT2D eigenvalue weighted by Gasteiger charge is 2.14. The van der Waals surface area contributed by atoms with E-state index in [1.54, 1.807) is 0 Å². The number of ether oxygens (including phenoxy) is 1. The summed E-state index contributed by atoms with van der Waals surface area (Å²) in [7, 11) is 0. The molecule has 0 saturated heterocycles. The zero-order valence-electron chi connectivity index (χ0n) is 10.9. The zero-order chi connectivity index (χ0) is 15.0. The summed E-state index contributed by atoms with van der Waals surface area (Å²) < 4.78 is 5.03. The highest BCUT2D eigenvalue weighted by molar-refractivity contribution is 5.95. The molecule has 0 aliphatic carbocycles. The molecular formula is C12H15N3O5. The second-order valence-corrected chi connectivity index (χ2v) is 3.75. The second kappa shape index (κ2) is 7.72. The summed E-state index contributed by atoms with van der Waals surface area (Å²) in [5.74, 6) is -1.98. The first kappa shape index (κ1) is 15.4. The summed E-state index contributed by atoms with van der Waals surface area (Å²) in [6.45, 7) is 1.85. The Morgan fingerprint density at radius 3 is 2.80 bits per heavy atom. The first-order chi connectivity index (χ1) is 9.54. The molecule has 3 amide bonds. The number of nitrogens with zero attached hydrogens (tertiary/aromatic N) is 1. The molecule has 0 atom stereocenters. The van der Waals surface area contributed by atoms with Crippen LogP contribution < -0.4 is 15.4 Å². The maximum absolute atomic E-state index is 11.4. The summed E-state index contributed by atoms with van der Waals surface area (Å²) in [6.07, 6.45) is 2.05. The Hall–Kier alpha value is -2.64. The van der Waals surface area contributed by atoms with Gasteiger partial charge in [0.05, 0.1) is 0 Å². The van der Waals surface area contributed by atoms with Gasteiger partial charge in [-0.1, -0.05) is 6.92 Å². The van der Waals surface area contributed by atoms with E-state index in [4.69, 9.17) is 9.84 Å². The number of carboxylic acid groups (broad SMARTS) is 1. The lowest BCUT2D eigenvalue weighted by molar-refractivity contribution is -0.122. The van der Waals surface area contributed by atoms with Gasteiger partial charge in [-0.25, -0.2) is 14.6 Å². The van der Waals surface area contributed by atoms with Gasteiger partial charge in [-0.2, -0.15) is 0 Å². The summed E-state index contributed by atoms with van der Waals surface area (Å²) in [5, 5.41) is 13.4. The Balaban J connectivity index is 2.49. The van der Waals surface area contributed by atoms with E-state index in [0.29, 0.717) is 6.54 Å². The van der Waals surface area contributed by atoms with Crippen molar-refractivity contribution >= 4 is 17.9 Å². The third-order valence-corrected chi connectivity index (χ3v) is 2.12. The standard InChI is InChI=1S/C12H15N3O5/c1-2-5-14-12(19)15-9(16)7-20-8-4-3-6-13-10(8)11(17)18/h3-4,6H,2,5,7H2,1H3,(H,17,18)(H2,14,15,16,19). The molecule has 1 aromatic rings. The van der Waals surface area contributed by atoms with Crippen molar-refractivity contribution in [2.45, 2.75) is 13.3 Å². The molecule has 0 saturated carbocycles. The first-order valence-corrected chi connectivity index (χ1v) is 5.93. The molecule has 0 aliphatic heterocycles. The SMILES string of the molecule is CCCNC(=O)NC(=O)COc1cccnc1C(=O)O. The third kappa shape index (κ3) is 4.92. The van der Waals surface area contributed by atoms with Crippen LogP contribution in [0.5, 0.6) is 5.75 Å². The molecule has 0 aliphatic rings. The topological polar surface area (TPSA) is 118 Å². The molecule has 0 aromatic carbocycles. The Kier molecular flexibility index (Phi) is 5.95. The van der Waals surface area contributed by atoms with Gasteiger partial charge in [0.2, 0.25) is 0 Å². The molecule has 108 valence electrons. The predicted octanol–water partition coefficient (Wildman–Crippen LogP) is 0.394. The fraction of sp³-hybridized carbons (Fsp3) is 0.333. The van der Waals surface area contributed by atoms with Crippen LogP contribution in [0.25, 0.3) is 0 Å². The van der Waals surface area contributed by atoms with Gasteiger partial charge in [-0.3, -0.25) is 10.1 Å². The largest absolute Gasteiger partial charge is 0.481 e. The summed E-state index contributed by atoms with van der Waals surface area (Å²) in [6, 6.07) is 2.24. The Bertz CT molecular complexity index is 504. The quantitative estimate of drug-likeness (QED) is 0.694. The molecule has 0 spiro atoms. The maximum atomic E-state index is 11.4. The van der Waals surface area contributed by atoms with Gasteiger partial charge in [-0.15, -0.1) is 0 Å².